The highest BCUT2D eigenvalue weighted by Crippen LogP contribution is 2.17. The molecule has 112 valence electrons. The Morgan fingerprint density at radius 2 is 1.95 bits per heavy atom. The molecule has 0 aliphatic heterocycles. The van der Waals surface area contributed by atoms with Crippen LogP contribution in [0, 0.1) is 5.82 Å². The largest absolute Gasteiger partial charge is 0.481 e. The summed E-state index contributed by atoms with van der Waals surface area (Å²) in [6, 6.07) is 6.36. The lowest BCUT2D eigenvalue weighted by molar-refractivity contribution is -0.136. The first-order chi connectivity index (χ1) is 9.63. The SMILES string of the molecule is CCCCCCCN(CCC(=O)O)c1cccc(F)c1. The minimum Gasteiger partial charge on any atom is -0.481 e. The van der Waals surface area contributed by atoms with Gasteiger partial charge in [0.05, 0.1) is 6.42 Å². The van der Waals surface area contributed by atoms with Crippen LogP contribution in [0.2, 0.25) is 0 Å². The molecule has 0 saturated carbocycles. The Morgan fingerprint density at radius 1 is 1.20 bits per heavy atom. The normalized spacial score (nSPS) is 10.5. The number of nitrogens with zero attached hydrogens (tertiary/aromatic N) is 1. The Morgan fingerprint density at radius 3 is 2.60 bits per heavy atom. The minimum absolute atomic E-state index is 0.0749. The van der Waals surface area contributed by atoms with Crippen LogP contribution in [0.3, 0.4) is 0 Å². The maximum absolute atomic E-state index is 13.3. The molecule has 0 radical (unpaired) electrons. The lowest BCUT2D eigenvalue weighted by atomic mass is 10.1. The average molecular weight is 281 g/mol. The molecule has 0 aliphatic rings. The number of halogens is 1. The number of carbonyl (C=O) groups is 1. The standard InChI is InChI=1S/C16H24FNO2/c1-2-3-4-5-6-11-18(12-10-16(19)20)15-9-7-8-14(17)13-15/h7-9,13H,2-6,10-12H2,1H3,(H,19,20). The van der Waals surface area contributed by atoms with E-state index in [1.54, 1.807) is 6.07 Å². The summed E-state index contributed by atoms with van der Waals surface area (Å²) in [6.45, 7) is 3.37. The molecular formula is C16H24FNO2. The summed E-state index contributed by atoms with van der Waals surface area (Å²) in [4.78, 5) is 12.7. The van der Waals surface area contributed by atoms with Gasteiger partial charge in [0.2, 0.25) is 0 Å². The molecule has 0 heterocycles. The highest BCUT2D eigenvalue weighted by Gasteiger charge is 2.09. The number of benzene rings is 1. The molecule has 0 spiro atoms. The third-order valence-electron chi connectivity index (χ3n) is 3.30. The van der Waals surface area contributed by atoms with Crippen molar-refractivity contribution in [1.82, 2.24) is 0 Å². The molecule has 3 nitrogen and oxygen atoms in total. The Labute approximate surface area is 120 Å². The van der Waals surface area contributed by atoms with E-state index >= 15 is 0 Å². The summed E-state index contributed by atoms with van der Waals surface area (Å²) in [6.07, 6.45) is 5.85. The van der Waals surface area contributed by atoms with E-state index in [-0.39, 0.29) is 12.2 Å². The topological polar surface area (TPSA) is 40.5 Å². The van der Waals surface area contributed by atoms with Crippen molar-refractivity contribution >= 4 is 11.7 Å². The van der Waals surface area contributed by atoms with Crippen molar-refractivity contribution in [2.75, 3.05) is 18.0 Å². The molecule has 1 N–H and O–H groups in total. The zero-order valence-electron chi connectivity index (χ0n) is 12.1. The van der Waals surface area contributed by atoms with Gasteiger partial charge in [-0.2, -0.15) is 0 Å². The van der Waals surface area contributed by atoms with Crippen molar-refractivity contribution in [1.29, 1.82) is 0 Å². The first-order valence-electron chi connectivity index (χ1n) is 7.35. The number of anilines is 1. The summed E-state index contributed by atoms with van der Waals surface area (Å²) in [5.41, 5.74) is 0.766. The predicted molar refractivity (Wildman–Crippen MR) is 79.6 cm³/mol. The second kappa shape index (κ2) is 9.34. The van der Waals surface area contributed by atoms with E-state index in [9.17, 15) is 9.18 Å². The second-order valence-electron chi connectivity index (χ2n) is 5.02. The summed E-state index contributed by atoms with van der Waals surface area (Å²) in [5.74, 6) is -1.11. The number of carboxylic acid groups (broad SMARTS) is 1. The van der Waals surface area contributed by atoms with E-state index in [2.05, 4.69) is 6.92 Å². The smallest absolute Gasteiger partial charge is 0.305 e. The Bertz CT molecular complexity index is 409. The molecule has 0 aromatic heterocycles. The van der Waals surface area contributed by atoms with Crippen LogP contribution in [0.15, 0.2) is 24.3 Å². The van der Waals surface area contributed by atoms with Crippen LogP contribution < -0.4 is 4.90 Å². The lowest BCUT2D eigenvalue weighted by Gasteiger charge is -2.24. The third kappa shape index (κ3) is 6.55. The number of hydrogen-bond acceptors (Lipinski definition) is 2. The Kier molecular flexibility index (Phi) is 7.70. The molecule has 1 aromatic rings. The van der Waals surface area contributed by atoms with Crippen molar-refractivity contribution in [2.24, 2.45) is 0 Å². The van der Waals surface area contributed by atoms with Crippen LogP contribution in [0.1, 0.15) is 45.4 Å². The van der Waals surface area contributed by atoms with Crippen molar-refractivity contribution in [2.45, 2.75) is 45.4 Å². The minimum atomic E-state index is -0.822. The monoisotopic (exact) mass is 281 g/mol. The van der Waals surface area contributed by atoms with E-state index in [0.717, 1.165) is 25.1 Å². The summed E-state index contributed by atoms with van der Waals surface area (Å²) in [5, 5.41) is 8.80. The molecule has 0 aliphatic carbocycles. The molecule has 1 rings (SSSR count). The van der Waals surface area contributed by atoms with Crippen LogP contribution >= 0.6 is 0 Å². The summed E-state index contributed by atoms with van der Waals surface area (Å²) < 4.78 is 13.3. The maximum Gasteiger partial charge on any atom is 0.305 e. The van der Waals surface area contributed by atoms with E-state index < -0.39 is 5.97 Å². The van der Waals surface area contributed by atoms with Crippen molar-refractivity contribution in [3.8, 4) is 0 Å². The summed E-state index contributed by atoms with van der Waals surface area (Å²) in [7, 11) is 0. The second-order valence-corrected chi connectivity index (χ2v) is 5.02. The molecule has 0 saturated heterocycles. The van der Waals surface area contributed by atoms with E-state index in [1.807, 2.05) is 11.0 Å². The Balaban J connectivity index is 2.53. The third-order valence-corrected chi connectivity index (χ3v) is 3.30. The Hall–Kier alpha value is -1.58. The fourth-order valence-corrected chi connectivity index (χ4v) is 2.18. The van der Waals surface area contributed by atoms with Gasteiger partial charge in [-0.3, -0.25) is 4.79 Å². The van der Waals surface area contributed by atoms with E-state index in [4.69, 9.17) is 5.11 Å². The zero-order chi connectivity index (χ0) is 14.8. The van der Waals surface area contributed by atoms with Crippen molar-refractivity contribution < 1.29 is 14.3 Å². The van der Waals surface area contributed by atoms with Crippen LogP contribution in [-0.2, 0) is 4.79 Å². The number of unbranched alkanes of at least 4 members (excludes halogenated alkanes) is 4. The van der Waals surface area contributed by atoms with Crippen LogP contribution in [0.4, 0.5) is 10.1 Å². The maximum atomic E-state index is 13.3. The highest BCUT2D eigenvalue weighted by atomic mass is 19.1. The molecule has 0 atom stereocenters. The van der Waals surface area contributed by atoms with Crippen molar-refractivity contribution in [3.63, 3.8) is 0 Å². The fourth-order valence-electron chi connectivity index (χ4n) is 2.18. The van der Waals surface area contributed by atoms with Gasteiger partial charge in [-0.1, -0.05) is 38.7 Å². The molecule has 20 heavy (non-hydrogen) atoms. The number of hydrogen-bond donors (Lipinski definition) is 1. The molecule has 1 aromatic carbocycles. The average Bonchev–Trinajstić information content (AvgIpc) is 2.41. The molecule has 0 amide bonds. The molecular weight excluding hydrogens is 257 g/mol. The van der Waals surface area contributed by atoms with Crippen molar-refractivity contribution in [3.05, 3.63) is 30.1 Å². The molecule has 0 bridgehead atoms. The van der Waals surface area contributed by atoms with Gasteiger partial charge in [-0.25, -0.2) is 4.39 Å². The number of rotatable bonds is 10. The van der Waals surface area contributed by atoms with Gasteiger partial charge in [0, 0.05) is 18.8 Å². The van der Waals surface area contributed by atoms with Gasteiger partial charge in [-0.15, -0.1) is 0 Å². The van der Waals surface area contributed by atoms with Gasteiger partial charge in [0.25, 0.3) is 0 Å². The van der Waals surface area contributed by atoms with Gasteiger partial charge < -0.3 is 10.0 Å². The van der Waals surface area contributed by atoms with Gasteiger partial charge >= 0.3 is 5.97 Å². The highest BCUT2D eigenvalue weighted by molar-refractivity contribution is 5.67. The van der Waals surface area contributed by atoms with Gasteiger partial charge in [0.1, 0.15) is 5.82 Å². The summed E-state index contributed by atoms with van der Waals surface area (Å²) >= 11 is 0. The molecule has 4 heteroatoms. The molecule has 0 fully saturated rings. The van der Waals surface area contributed by atoms with E-state index in [1.165, 1.54) is 31.4 Å². The van der Waals surface area contributed by atoms with Crippen LogP contribution in [0.5, 0.6) is 0 Å². The van der Waals surface area contributed by atoms with E-state index in [0.29, 0.717) is 6.54 Å². The first-order valence-corrected chi connectivity index (χ1v) is 7.35. The van der Waals surface area contributed by atoms with Gasteiger partial charge in [-0.05, 0) is 24.6 Å². The molecule has 0 unspecified atom stereocenters. The quantitative estimate of drug-likeness (QED) is 0.657. The number of carboxylic acids is 1. The lowest BCUT2D eigenvalue weighted by Crippen LogP contribution is -2.27. The van der Waals surface area contributed by atoms with Crippen LogP contribution in [-0.4, -0.2) is 24.2 Å². The fraction of sp³-hybridized carbons (Fsp3) is 0.562. The first kappa shape index (κ1) is 16.5. The van der Waals surface area contributed by atoms with Crippen LogP contribution in [0.25, 0.3) is 0 Å². The number of aliphatic carboxylic acids is 1. The predicted octanol–water partition coefficient (Wildman–Crippen LogP) is 4.08. The zero-order valence-corrected chi connectivity index (χ0v) is 12.1. The van der Waals surface area contributed by atoms with Gasteiger partial charge in [0.15, 0.2) is 0 Å².